The maximum Gasteiger partial charge on any atom is 0.358 e. The van der Waals surface area contributed by atoms with Gasteiger partial charge in [-0.3, -0.25) is 4.79 Å². The lowest BCUT2D eigenvalue weighted by Crippen LogP contribution is -2.18. The zero-order valence-electron chi connectivity index (χ0n) is 11.3. The lowest BCUT2D eigenvalue weighted by molar-refractivity contribution is 0.0690. The number of aromatic nitrogens is 4. The number of aryl methyl sites for hydroxylation is 1. The zero-order valence-corrected chi connectivity index (χ0v) is 11.3. The number of pyridine rings is 1. The van der Waals surface area contributed by atoms with Gasteiger partial charge in [0.25, 0.3) is 5.91 Å². The quantitative estimate of drug-likeness (QED) is 0.675. The molecule has 0 aliphatic heterocycles. The molecule has 9 nitrogen and oxygen atoms in total. The Labute approximate surface area is 119 Å². The van der Waals surface area contributed by atoms with Crippen LogP contribution in [0.15, 0.2) is 18.3 Å². The van der Waals surface area contributed by atoms with E-state index in [0.29, 0.717) is 24.5 Å². The molecule has 21 heavy (non-hydrogen) atoms. The van der Waals surface area contributed by atoms with Crippen LogP contribution in [-0.4, -0.2) is 43.5 Å². The third-order valence-electron chi connectivity index (χ3n) is 2.69. The molecular formula is C12H14N6O3. The first-order valence-electron chi connectivity index (χ1n) is 6.12. The topological polar surface area (TPSA) is 136 Å². The van der Waals surface area contributed by atoms with E-state index in [1.54, 1.807) is 19.1 Å². The number of carbonyl (C=O) groups excluding carboxylic acids is 1. The number of nitrogens with two attached hydrogens (primary N) is 1. The molecule has 0 unspecified atom stereocenters. The molecule has 2 aromatic rings. The number of hydrogen-bond acceptors (Lipinski definition) is 6. The summed E-state index contributed by atoms with van der Waals surface area (Å²) < 4.78 is 1.39. The van der Waals surface area contributed by atoms with E-state index in [2.05, 4.69) is 20.6 Å². The minimum absolute atomic E-state index is 0.124. The number of rotatable bonds is 6. The summed E-state index contributed by atoms with van der Waals surface area (Å²) >= 11 is 0. The Morgan fingerprint density at radius 1 is 1.43 bits per heavy atom. The van der Waals surface area contributed by atoms with Crippen molar-refractivity contribution >= 4 is 17.7 Å². The largest absolute Gasteiger partial charge is 0.476 e. The van der Waals surface area contributed by atoms with Crippen LogP contribution in [-0.2, 0) is 6.54 Å². The molecule has 0 aliphatic rings. The number of nitrogens with one attached hydrogen (secondary N) is 1. The summed E-state index contributed by atoms with van der Waals surface area (Å²) in [7, 11) is 0. The summed E-state index contributed by atoms with van der Waals surface area (Å²) in [5, 5.41) is 18.9. The van der Waals surface area contributed by atoms with E-state index < -0.39 is 11.9 Å². The van der Waals surface area contributed by atoms with Crippen LogP contribution in [0.4, 0.5) is 5.82 Å². The third kappa shape index (κ3) is 3.53. The molecule has 0 atom stereocenters. The van der Waals surface area contributed by atoms with Crippen molar-refractivity contribution in [3.05, 3.63) is 35.3 Å². The van der Waals surface area contributed by atoms with Crippen molar-refractivity contribution in [3.63, 3.8) is 0 Å². The van der Waals surface area contributed by atoms with Crippen molar-refractivity contribution in [1.82, 2.24) is 20.0 Å². The molecule has 2 rings (SSSR count). The van der Waals surface area contributed by atoms with Crippen LogP contribution in [0.1, 0.15) is 26.5 Å². The Bertz CT molecular complexity index is 681. The number of carboxylic acid groups (broad SMARTS) is 1. The van der Waals surface area contributed by atoms with Crippen LogP contribution in [0.25, 0.3) is 0 Å². The minimum Gasteiger partial charge on any atom is -0.476 e. The molecular weight excluding hydrogens is 276 g/mol. The van der Waals surface area contributed by atoms with Gasteiger partial charge < -0.3 is 16.2 Å². The second-order valence-corrected chi connectivity index (χ2v) is 4.31. The summed E-state index contributed by atoms with van der Waals surface area (Å²) in [5.74, 6) is -1.31. The molecule has 9 heteroatoms. The standard InChI is InChI=1S/C12H14N6O3/c1-7-2-3-8(10(13)19)11(15-7)14-4-5-18-6-9(12(20)21)16-17-18/h2-3,6H,4-5H2,1H3,(H2,13,19)(H,14,15)(H,20,21). The molecule has 0 spiro atoms. The average Bonchev–Trinajstić information content (AvgIpc) is 2.87. The first kappa shape index (κ1) is 14.4. The highest BCUT2D eigenvalue weighted by molar-refractivity contribution is 5.97. The highest BCUT2D eigenvalue weighted by Crippen LogP contribution is 2.12. The van der Waals surface area contributed by atoms with Gasteiger partial charge in [0.1, 0.15) is 5.82 Å². The fraction of sp³-hybridized carbons (Fsp3) is 0.250. The zero-order chi connectivity index (χ0) is 15.4. The van der Waals surface area contributed by atoms with Crippen molar-refractivity contribution in [2.75, 3.05) is 11.9 Å². The Morgan fingerprint density at radius 2 is 2.19 bits per heavy atom. The van der Waals surface area contributed by atoms with Gasteiger partial charge in [-0.1, -0.05) is 5.21 Å². The highest BCUT2D eigenvalue weighted by atomic mass is 16.4. The molecule has 0 aromatic carbocycles. The van der Waals surface area contributed by atoms with Gasteiger partial charge >= 0.3 is 5.97 Å². The van der Waals surface area contributed by atoms with E-state index in [1.165, 1.54) is 10.9 Å². The van der Waals surface area contributed by atoms with Crippen molar-refractivity contribution in [3.8, 4) is 0 Å². The number of amides is 1. The van der Waals surface area contributed by atoms with Crippen LogP contribution < -0.4 is 11.1 Å². The molecule has 0 radical (unpaired) electrons. The van der Waals surface area contributed by atoms with Gasteiger partial charge in [-0.2, -0.15) is 0 Å². The SMILES string of the molecule is Cc1ccc(C(N)=O)c(NCCn2cc(C(=O)O)nn2)n1. The molecule has 0 fully saturated rings. The highest BCUT2D eigenvalue weighted by Gasteiger charge is 2.10. The molecule has 0 bridgehead atoms. The van der Waals surface area contributed by atoms with E-state index in [0.717, 1.165) is 5.69 Å². The van der Waals surface area contributed by atoms with Crippen molar-refractivity contribution in [2.45, 2.75) is 13.5 Å². The predicted octanol–water partition coefficient (Wildman–Crippen LogP) is -0.109. The Kier molecular flexibility index (Phi) is 4.12. The molecule has 1 amide bonds. The van der Waals surface area contributed by atoms with E-state index in [4.69, 9.17) is 10.8 Å². The lowest BCUT2D eigenvalue weighted by Gasteiger charge is -2.09. The number of carboxylic acids is 1. The van der Waals surface area contributed by atoms with E-state index in [-0.39, 0.29) is 5.69 Å². The summed E-state index contributed by atoms with van der Waals surface area (Å²) in [4.78, 5) is 26.2. The van der Waals surface area contributed by atoms with Gasteiger partial charge in [0.2, 0.25) is 0 Å². The monoisotopic (exact) mass is 290 g/mol. The average molecular weight is 290 g/mol. The number of primary amides is 1. The molecule has 0 aliphatic carbocycles. The van der Waals surface area contributed by atoms with Crippen LogP contribution >= 0.6 is 0 Å². The number of anilines is 1. The number of hydrogen-bond donors (Lipinski definition) is 3. The van der Waals surface area contributed by atoms with Gasteiger partial charge in [-0.05, 0) is 19.1 Å². The Morgan fingerprint density at radius 3 is 2.81 bits per heavy atom. The molecule has 2 heterocycles. The van der Waals surface area contributed by atoms with Gasteiger partial charge in [0.15, 0.2) is 5.69 Å². The van der Waals surface area contributed by atoms with E-state index in [1.807, 2.05) is 0 Å². The molecule has 0 saturated carbocycles. The lowest BCUT2D eigenvalue weighted by atomic mass is 10.2. The van der Waals surface area contributed by atoms with Gasteiger partial charge in [0.05, 0.1) is 18.3 Å². The normalized spacial score (nSPS) is 10.3. The second kappa shape index (κ2) is 5.99. The second-order valence-electron chi connectivity index (χ2n) is 4.31. The summed E-state index contributed by atoms with van der Waals surface area (Å²) in [6.07, 6.45) is 1.32. The van der Waals surface area contributed by atoms with Crippen LogP contribution in [0.5, 0.6) is 0 Å². The molecule has 4 N–H and O–H groups in total. The first-order chi connectivity index (χ1) is 9.97. The third-order valence-corrected chi connectivity index (χ3v) is 2.69. The van der Waals surface area contributed by atoms with Crippen molar-refractivity contribution in [1.29, 1.82) is 0 Å². The fourth-order valence-corrected chi connectivity index (χ4v) is 1.68. The maximum atomic E-state index is 11.3. The van der Waals surface area contributed by atoms with Crippen LogP contribution in [0, 0.1) is 6.92 Å². The first-order valence-corrected chi connectivity index (χ1v) is 6.12. The summed E-state index contributed by atoms with van der Waals surface area (Å²) in [5.41, 5.74) is 6.19. The number of carbonyl (C=O) groups is 2. The summed E-state index contributed by atoms with van der Waals surface area (Å²) in [6.45, 7) is 2.56. The van der Waals surface area contributed by atoms with E-state index in [9.17, 15) is 9.59 Å². The number of nitrogens with zero attached hydrogens (tertiary/aromatic N) is 4. The Hall–Kier alpha value is -2.97. The molecule has 110 valence electrons. The van der Waals surface area contributed by atoms with Crippen LogP contribution in [0.2, 0.25) is 0 Å². The predicted molar refractivity (Wildman–Crippen MR) is 73.0 cm³/mol. The van der Waals surface area contributed by atoms with Crippen molar-refractivity contribution in [2.24, 2.45) is 5.73 Å². The smallest absolute Gasteiger partial charge is 0.358 e. The van der Waals surface area contributed by atoms with Crippen LogP contribution in [0.3, 0.4) is 0 Å². The fourth-order valence-electron chi connectivity index (χ4n) is 1.68. The maximum absolute atomic E-state index is 11.3. The Balaban J connectivity index is 2.01. The minimum atomic E-state index is -1.13. The summed E-state index contributed by atoms with van der Waals surface area (Å²) in [6, 6.07) is 3.30. The van der Waals surface area contributed by atoms with Gasteiger partial charge in [-0.15, -0.1) is 5.10 Å². The van der Waals surface area contributed by atoms with Gasteiger partial charge in [0, 0.05) is 12.2 Å². The van der Waals surface area contributed by atoms with Crippen molar-refractivity contribution < 1.29 is 14.7 Å². The van der Waals surface area contributed by atoms with E-state index >= 15 is 0 Å². The molecule has 2 aromatic heterocycles. The van der Waals surface area contributed by atoms with Gasteiger partial charge in [-0.25, -0.2) is 14.5 Å². The molecule has 0 saturated heterocycles. The number of aromatic carboxylic acids is 1.